The number of hydrogen-bond acceptors (Lipinski definition) is 2. The summed E-state index contributed by atoms with van der Waals surface area (Å²) in [4.78, 5) is 0. The van der Waals surface area contributed by atoms with Crippen molar-refractivity contribution in [1.82, 2.24) is 10.2 Å². The molecule has 0 saturated carbocycles. The van der Waals surface area contributed by atoms with Crippen LogP contribution in [0.2, 0.25) is 0 Å². The van der Waals surface area contributed by atoms with Crippen LogP contribution in [0.3, 0.4) is 0 Å². The highest BCUT2D eigenvalue weighted by Gasteiger charge is 2.17. The quantitative estimate of drug-likeness (QED) is 0.879. The average molecular weight is 257 g/mol. The second-order valence-corrected chi connectivity index (χ2v) is 5.83. The molecule has 19 heavy (non-hydrogen) atoms. The molecule has 0 aliphatic rings. The van der Waals surface area contributed by atoms with E-state index in [9.17, 15) is 0 Å². The number of nitrogens with one attached hydrogen (secondary N) is 1. The van der Waals surface area contributed by atoms with E-state index in [2.05, 4.69) is 56.9 Å². The lowest BCUT2D eigenvalue weighted by atomic mass is 9.91. The van der Waals surface area contributed by atoms with Gasteiger partial charge in [0.05, 0.1) is 0 Å². The highest BCUT2D eigenvalue weighted by Crippen LogP contribution is 2.34. The van der Waals surface area contributed by atoms with Crippen LogP contribution in [0.25, 0.3) is 11.1 Å². The van der Waals surface area contributed by atoms with Crippen molar-refractivity contribution in [2.75, 3.05) is 5.73 Å². The molecule has 0 amide bonds. The van der Waals surface area contributed by atoms with Gasteiger partial charge in [0, 0.05) is 11.3 Å². The third kappa shape index (κ3) is 2.65. The number of nitrogens with zero attached hydrogens (tertiary/aromatic N) is 1. The highest BCUT2D eigenvalue weighted by molar-refractivity contribution is 5.81. The van der Waals surface area contributed by atoms with Crippen molar-refractivity contribution in [2.24, 2.45) is 5.92 Å². The number of H-pyrrole nitrogens is 1. The summed E-state index contributed by atoms with van der Waals surface area (Å²) in [6.07, 6.45) is 0.965. The maximum atomic E-state index is 6.08. The van der Waals surface area contributed by atoms with E-state index in [4.69, 9.17) is 5.73 Å². The molecule has 0 aliphatic carbocycles. The molecule has 0 unspecified atom stereocenters. The second kappa shape index (κ2) is 5.08. The van der Waals surface area contributed by atoms with Gasteiger partial charge >= 0.3 is 0 Å². The lowest BCUT2D eigenvalue weighted by molar-refractivity contribution is 0.634. The van der Waals surface area contributed by atoms with E-state index in [1.807, 2.05) is 0 Å². The molecule has 0 spiro atoms. The van der Waals surface area contributed by atoms with Crippen LogP contribution in [0.15, 0.2) is 12.1 Å². The van der Waals surface area contributed by atoms with Gasteiger partial charge in [-0.25, -0.2) is 0 Å². The SMILES string of the molecule is Cc1cc(C)c(-c2c(N)n[nH]c2CC(C)C)c(C)c1. The molecule has 3 heteroatoms. The van der Waals surface area contributed by atoms with E-state index in [-0.39, 0.29) is 0 Å². The van der Waals surface area contributed by atoms with Crippen molar-refractivity contribution in [3.05, 3.63) is 34.5 Å². The average Bonchev–Trinajstić information content (AvgIpc) is 2.59. The first-order valence-corrected chi connectivity index (χ1v) is 6.81. The molecule has 0 bridgehead atoms. The van der Waals surface area contributed by atoms with Gasteiger partial charge in [0.2, 0.25) is 0 Å². The Hall–Kier alpha value is -1.77. The number of aryl methyl sites for hydroxylation is 3. The van der Waals surface area contributed by atoms with Crippen molar-refractivity contribution in [2.45, 2.75) is 41.0 Å². The largest absolute Gasteiger partial charge is 0.382 e. The molecule has 0 aliphatic heterocycles. The van der Waals surface area contributed by atoms with Crippen LogP contribution in [0.4, 0.5) is 5.82 Å². The summed E-state index contributed by atoms with van der Waals surface area (Å²) in [5.41, 5.74) is 13.3. The third-order valence-electron chi connectivity index (χ3n) is 3.41. The number of anilines is 1. The molecule has 2 aromatic rings. The van der Waals surface area contributed by atoms with Crippen LogP contribution >= 0.6 is 0 Å². The molecule has 0 atom stereocenters. The molecule has 0 saturated heterocycles. The van der Waals surface area contributed by atoms with E-state index in [0.717, 1.165) is 17.7 Å². The molecule has 0 fully saturated rings. The van der Waals surface area contributed by atoms with Crippen LogP contribution in [-0.2, 0) is 6.42 Å². The minimum Gasteiger partial charge on any atom is -0.382 e. The summed E-state index contributed by atoms with van der Waals surface area (Å²) >= 11 is 0. The lowest BCUT2D eigenvalue weighted by Crippen LogP contribution is -2.00. The highest BCUT2D eigenvalue weighted by atomic mass is 15.2. The fourth-order valence-electron chi connectivity index (χ4n) is 2.80. The van der Waals surface area contributed by atoms with Gasteiger partial charge in [-0.05, 0) is 49.8 Å². The topological polar surface area (TPSA) is 54.7 Å². The number of rotatable bonds is 3. The first-order chi connectivity index (χ1) is 8.90. The van der Waals surface area contributed by atoms with Crippen LogP contribution in [0.1, 0.15) is 36.2 Å². The summed E-state index contributed by atoms with van der Waals surface area (Å²) in [7, 11) is 0. The Morgan fingerprint density at radius 1 is 1.11 bits per heavy atom. The van der Waals surface area contributed by atoms with Gasteiger partial charge in [-0.15, -0.1) is 0 Å². The second-order valence-electron chi connectivity index (χ2n) is 5.83. The number of hydrogen-bond donors (Lipinski definition) is 2. The number of benzene rings is 1. The molecule has 1 aromatic carbocycles. The third-order valence-corrected chi connectivity index (χ3v) is 3.41. The van der Waals surface area contributed by atoms with Crippen molar-refractivity contribution in [1.29, 1.82) is 0 Å². The Balaban J connectivity index is 2.62. The molecule has 1 aromatic heterocycles. The first kappa shape index (κ1) is 13.7. The van der Waals surface area contributed by atoms with Crippen LogP contribution in [0, 0.1) is 26.7 Å². The minimum atomic E-state index is 0.574. The predicted octanol–water partition coefficient (Wildman–Crippen LogP) is 3.78. The summed E-state index contributed by atoms with van der Waals surface area (Å²) in [5, 5.41) is 7.30. The van der Waals surface area contributed by atoms with E-state index in [1.54, 1.807) is 0 Å². The normalized spacial score (nSPS) is 11.3. The minimum absolute atomic E-state index is 0.574. The number of aromatic nitrogens is 2. The summed E-state index contributed by atoms with van der Waals surface area (Å²) < 4.78 is 0. The Labute approximate surface area is 115 Å². The van der Waals surface area contributed by atoms with E-state index >= 15 is 0 Å². The Bertz CT molecular complexity index is 571. The number of nitrogens with two attached hydrogens (primary N) is 1. The molecule has 3 N–H and O–H groups in total. The summed E-state index contributed by atoms with van der Waals surface area (Å²) in [5.74, 6) is 1.18. The molecule has 102 valence electrons. The zero-order valence-electron chi connectivity index (χ0n) is 12.5. The van der Waals surface area contributed by atoms with E-state index in [0.29, 0.717) is 11.7 Å². The molecule has 2 rings (SSSR count). The number of aromatic amines is 1. The molecular formula is C16H23N3. The van der Waals surface area contributed by atoms with Gasteiger partial charge in [0.25, 0.3) is 0 Å². The fourth-order valence-corrected chi connectivity index (χ4v) is 2.80. The summed E-state index contributed by atoms with van der Waals surface area (Å²) in [6, 6.07) is 4.40. The van der Waals surface area contributed by atoms with Gasteiger partial charge < -0.3 is 5.73 Å². The van der Waals surface area contributed by atoms with Gasteiger partial charge in [-0.1, -0.05) is 31.5 Å². The smallest absolute Gasteiger partial charge is 0.153 e. The summed E-state index contributed by atoms with van der Waals surface area (Å²) in [6.45, 7) is 10.8. The zero-order valence-corrected chi connectivity index (χ0v) is 12.5. The predicted molar refractivity (Wildman–Crippen MR) is 81.2 cm³/mol. The van der Waals surface area contributed by atoms with Gasteiger partial charge in [-0.3, -0.25) is 5.10 Å². The Kier molecular flexibility index (Phi) is 3.65. The fraction of sp³-hybridized carbons (Fsp3) is 0.438. The standard InChI is InChI=1S/C16H23N3/c1-9(2)6-13-15(16(17)19-18-13)14-11(4)7-10(3)8-12(14)5/h7-9H,6H2,1-5H3,(H3,17,18,19). The van der Waals surface area contributed by atoms with Crippen molar-refractivity contribution >= 4 is 5.82 Å². The molecular weight excluding hydrogens is 234 g/mol. The zero-order chi connectivity index (χ0) is 14.2. The van der Waals surface area contributed by atoms with Crippen LogP contribution in [-0.4, -0.2) is 10.2 Å². The first-order valence-electron chi connectivity index (χ1n) is 6.81. The van der Waals surface area contributed by atoms with E-state index < -0.39 is 0 Å². The van der Waals surface area contributed by atoms with Gasteiger partial charge in [0.15, 0.2) is 5.82 Å². The van der Waals surface area contributed by atoms with Gasteiger partial charge in [0.1, 0.15) is 0 Å². The Morgan fingerprint density at radius 2 is 1.68 bits per heavy atom. The van der Waals surface area contributed by atoms with Crippen molar-refractivity contribution in [3.8, 4) is 11.1 Å². The molecule has 0 radical (unpaired) electrons. The number of nitrogen functional groups attached to an aromatic ring is 1. The lowest BCUT2D eigenvalue weighted by Gasteiger charge is -2.13. The molecule has 1 heterocycles. The van der Waals surface area contributed by atoms with Crippen molar-refractivity contribution < 1.29 is 0 Å². The molecule has 3 nitrogen and oxygen atoms in total. The monoisotopic (exact) mass is 257 g/mol. The van der Waals surface area contributed by atoms with Gasteiger partial charge in [-0.2, -0.15) is 5.10 Å². The Morgan fingerprint density at radius 3 is 2.21 bits per heavy atom. The van der Waals surface area contributed by atoms with Crippen molar-refractivity contribution in [3.63, 3.8) is 0 Å². The van der Waals surface area contributed by atoms with Crippen LogP contribution in [0.5, 0.6) is 0 Å². The maximum absolute atomic E-state index is 6.08. The maximum Gasteiger partial charge on any atom is 0.153 e. The van der Waals surface area contributed by atoms with E-state index in [1.165, 1.54) is 22.3 Å². The van der Waals surface area contributed by atoms with Crippen LogP contribution < -0.4 is 5.73 Å².